The summed E-state index contributed by atoms with van der Waals surface area (Å²) in [7, 11) is 0. The van der Waals surface area contributed by atoms with Crippen LogP contribution >= 0.6 is 0 Å². The summed E-state index contributed by atoms with van der Waals surface area (Å²) in [4.78, 5) is 25.2. The number of nitrogens with two attached hydrogens (primary N) is 1. The van der Waals surface area contributed by atoms with Gasteiger partial charge in [-0.15, -0.1) is 0 Å². The predicted octanol–water partition coefficient (Wildman–Crippen LogP) is 1.43. The highest BCUT2D eigenvalue weighted by Crippen LogP contribution is 2.30. The third-order valence-corrected chi connectivity index (χ3v) is 3.72. The molecule has 114 valence electrons. The number of aryl methyl sites for hydroxylation is 1. The molecule has 2 rings (SSSR count). The summed E-state index contributed by atoms with van der Waals surface area (Å²) < 4.78 is 0. The molecule has 0 atom stereocenters. The normalized spacial score (nSPS) is 13.3. The molecule has 6 nitrogen and oxygen atoms in total. The number of fused-ring (bicyclic) bond motifs is 1. The maximum absolute atomic E-state index is 12.0. The van der Waals surface area contributed by atoms with Crippen LogP contribution in [0.2, 0.25) is 0 Å². The molecule has 21 heavy (non-hydrogen) atoms. The number of hydrogen-bond donors (Lipinski definition) is 3. The lowest BCUT2D eigenvalue weighted by Crippen LogP contribution is -2.35. The fourth-order valence-electron chi connectivity index (χ4n) is 2.46. The average Bonchev–Trinajstić information content (AvgIpc) is 2.46. The van der Waals surface area contributed by atoms with Gasteiger partial charge in [0.1, 0.15) is 0 Å². The Morgan fingerprint density at radius 1 is 1.33 bits per heavy atom. The summed E-state index contributed by atoms with van der Waals surface area (Å²) in [5, 5.41) is 5.89. The molecule has 1 aliphatic heterocycles. The fourth-order valence-corrected chi connectivity index (χ4v) is 2.46. The van der Waals surface area contributed by atoms with Crippen molar-refractivity contribution in [2.75, 3.05) is 36.0 Å². The Bertz CT molecular complexity index is 553. The lowest BCUT2D eigenvalue weighted by Gasteiger charge is -2.21. The minimum absolute atomic E-state index is 0.0115. The van der Waals surface area contributed by atoms with Gasteiger partial charge in [-0.25, -0.2) is 0 Å². The highest BCUT2D eigenvalue weighted by Gasteiger charge is 2.17. The van der Waals surface area contributed by atoms with Gasteiger partial charge in [0.2, 0.25) is 11.8 Å². The van der Waals surface area contributed by atoms with Gasteiger partial charge in [-0.2, -0.15) is 0 Å². The van der Waals surface area contributed by atoms with Crippen LogP contribution in [-0.2, 0) is 16.0 Å². The van der Waals surface area contributed by atoms with Gasteiger partial charge in [0.25, 0.3) is 0 Å². The smallest absolute Gasteiger partial charge is 0.241 e. The van der Waals surface area contributed by atoms with Gasteiger partial charge >= 0.3 is 0 Å². The molecule has 0 saturated heterocycles. The van der Waals surface area contributed by atoms with E-state index in [2.05, 4.69) is 10.6 Å². The first-order valence-electron chi connectivity index (χ1n) is 7.29. The summed E-state index contributed by atoms with van der Waals surface area (Å²) in [5.41, 5.74) is 9.09. The Kier molecular flexibility index (Phi) is 4.67. The van der Waals surface area contributed by atoms with Crippen molar-refractivity contribution in [2.24, 2.45) is 0 Å². The molecule has 4 N–H and O–H groups in total. The molecule has 1 aromatic carbocycles. The fraction of sp³-hybridized carbons (Fsp3) is 0.467. The van der Waals surface area contributed by atoms with Gasteiger partial charge in [0.05, 0.1) is 17.9 Å². The maximum atomic E-state index is 12.0. The van der Waals surface area contributed by atoms with Crippen LogP contribution in [0.1, 0.15) is 25.8 Å². The van der Waals surface area contributed by atoms with E-state index in [4.69, 9.17) is 5.73 Å². The van der Waals surface area contributed by atoms with E-state index >= 15 is 0 Å². The Morgan fingerprint density at radius 3 is 2.71 bits per heavy atom. The van der Waals surface area contributed by atoms with Gasteiger partial charge < -0.3 is 21.3 Å². The van der Waals surface area contributed by atoms with Crippen LogP contribution in [0, 0.1) is 0 Å². The second kappa shape index (κ2) is 6.47. The molecule has 0 aliphatic carbocycles. The monoisotopic (exact) mass is 290 g/mol. The Balaban J connectivity index is 2.08. The lowest BCUT2D eigenvalue weighted by molar-refractivity contribution is -0.128. The van der Waals surface area contributed by atoms with E-state index in [9.17, 15) is 9.59 Å². The zero-order valence-corrected chi connectivity index (χ0v) is 12.5. The van der Waals surface area contributed by atoms with Crippen molar-refractivity contribution in [2.45, 2.75) is 26.7 Å². The lowest BCUT2D eigenvalue weighted by atomic mass is 10.0. The van der Waals surface area contributed by atoms with Crippen LogP contribution in [-0.4, -0.2) is 36.3 Å². The van der Waals surface area contributed by atoms with Crippen molar-refractivity contribution >= 4 is 28.9 Å². The van der Waals surface area contributed by atoms with E-state index in [1.807, 2.05) is 19.9 Å². The summed E-state index contributed by atoms with van der Waals surface area (Å²) in [5.74, 6) is 0.0404. The number of rotatable bonds is 5. The average molecular weight is 290 g/mol. The third kappa shape index (κ3) is 3.45. The molecule has 1 aliphatic rings. The van der Waals surface area contributed by atoms with E-state index in [0.717, 1.165) is 11.3 Å². The molecule has 0 unspecified atom stereocenters. The number of amides is 2. The van der Waals surface area contributed by atoms with Gasteiger partial charge in [0.15, 0.2) is 0 Å². The van der Waals surface area contributed by atoms with Gasteiger partial charge in [-0.1, -0.05) is 0 Å². The van der Waals surface area contributed by atoms with Crippen molar-refractivity contribution in [1.29, 1.82) is 0 Å². The van der Waals surface area contributed by atoms with Crippen molar-refractivity contribution in [3.05, 3.63) is 17.7 Å². The number of nitrogen functional groups attached to an aromatic ring is 1. The minimum atomic E-state index is 0.0115. The van der Waals surface area contributed by atoms with Crippen molar-refractivity contribution < 1.29 is 9.59 Å². The van der Waals surface area contributed by atoms with E-state index in [1.165, 1.54) is 0 Å². The highest BCUT2D eigenvalue weighted by atomic mass is 16.2. The number of anilines is 3. The topological polar surface area (TPSA) is 87.5 Å². The number of benzene rings is 1. The molecule has 0 bridgehead atoms. The van der Waals surface area contributed by atoms with E-state index in [-0.39, 0.29) is 18.4 Å². The first-order chi connectivity index (χ1) is 10.0. The molecule has 2 amide bonds. The van der Waals surface area contributed by atoms with Crippen LogP contribution < -0.4 is 16.4 Å². The van der Waals surface area contributed by atoms with Crippen LogP contribution in [0.15, 0.2) is 12.1 Å². The number of likely N-dealkylation sites (N-methyl/N-ethyl adjacent to an activating group) is 1. The molecule has 0 spiro atoms. The Labute approximate surface area is 124 Å². The molecule has 0 aromatic heterocycles. The first kappa shape index (κ1) is 15.2. The van der Waals surface area contributed by atoms with Crippen LogP contribution in [0.4, 0.5) is 17.1 Å². The van der Waals surface area contributed by atoms with Crippen molar-refractivity contribution in [3.63, 3.8) is 0 Å². The van der Waals surface area contributed by atoms with E-state index < -0.39 is 0 Å². The second-order valence-corrected chi connectivity index (χ2v) is 5.06. The number of hydrogen-bond acceptors (Lipinski definition) is 4. The van der Waals surface area contributed by atoms with E-state index in [0.29, 0.717) is 37.3 Å². The largest absolute Gasteiger partial charge is 0.397 e. The minimum Gasteiger partial charge on any atom is -0.397 e. The molecule has 0 saturated carbocycles. The number of carbonyl (C=O) groups is 2. The summed E-state index contributed by atoms with van der Waals surface area (Å²) in [6, 6.07) is 3.66. The maximum Gasteiger partial charge on any atom is 0.241 e. The molecular formula is C15H22N4O2. The molecule has 0 fully saturated rings. The summed E-state index contributed by atoms with van der Waals surface area (Å²) >= 11 is 0. The van der Waals surface area contributed by atoms with Crippen LogP contribution in [0.3, 0.4) is 0 Å². The van der Waals surface area contributed by atoms with Gasteiger partial charge in [0, 0.05) is 25.2 Å². The van der Waals surface area contributed by atoms with Crippen molar-refractivity contribution in [1.82, 2.24) is 4.90 Å². The Morgan fingerprint density at radius 2 is 2.05 bits per heavy atom. The van der Waals surface area contributed by atoms with Gasteiger partial charge in [-0.3, -0.25) is 9.59 Å². The molecule has 1 heterocycles. The number of nitrogens with one attached hydrogen (secondary N) is 2. The number of nitrogens with zero attached hydrogens (tertiary/aromatic N) is 1. The third-order valence-electron chi connectivity index (χ3n) is 3.72. The standard InChI is InChI=1S/C15H22N4O2/c1-3-19(4-2)15(21)9-17-13-8-12-10(7-11(13)16)5-6-14(20)18-12/h7-8,17H,3-6,9,16H2,1-2H3,(H,18,20). The first-order valence-corrected chi connectivity index (χ1v) is 7.29. The van der Waals surface area contributed by atoms with Crippen molar-refractivity contribution in [3.8, 4) is 0 Å². The zero-order valence-electron chi connectivity index (χ0n) is 12.5. The predicted molar refractivity (Wildman–Crippen MR) is 84.2 cm³/mol. The SMILES string of the molecule is CCN(CC)C(=O)CNc1cc2c(cc1N)CCC(=O)N2. The Hall–Kier alpha value is -2.24. The quantitative estimate of drug-likeness (QED) is 0.716. The van der Waals surface area contributed by atoms with E-state index in [1.54, 1.807) is 11.0 Å². The van der Waals surface area contributed by atoms with Crippen LogP contribution in [0.25, 0.3) is 0 Å². The summed E-state index contributed by atoms with van der Waals surface area (Å²) in [6.07, 6.45) is 1.18. The molecule has 6 heteroatoms. The highest BCUT2D eigenvalue weighted by molar-refractivity contribution is 5.96. The molecular weight excluding hydrogens is 268 g/mol. The second-order valence-electron chi connectivity index (χ2n) is 5.06. The number of carbonyl (C=O) groups excluding carboxylic acids is 2. The summed E-state index contributed by atoms with van der Waals surface area (Å²) in [6.45, 7) is 5.46. The molecule has 1 aromatic rings. The molecule has 0 radical (unpaired) electrons. The zero-order chi connectivity index (χ0) is 15.4. The van der Waals surface area contributed by atoms with Gasteiger partial charge in [-0.05, 0) is 38.0 Å². The van der Waals surface area contributed by atoms with Crippen LogP contribution in [0.5, 0.6) is 0 Å².